The molecule has 1 aromatic heterocycles. The quantitative estimate of drug-likeness (QED) is 0.877. The first kappa shape index (κ1) is 15.5. The van der Waals surface area contributed by atoms with E-state index in [9.17, 15) is 18.0 Å². The molecule has 0 aromatic carbocycles. The van der Waals surface area contributed by atoms with Crippen molar-refractivity contribution in [2.24, 2.45) is 5.92 Å². The largest absolute Gasteiger partial charge is 0.465 e. The van der Waals surface area contributed by atoms with Crippen molar-refractivity contribution in [2.75, 3.05) is 18.8 Å². The average Bonchev–Trinajstić information content (AvgIpc) is 2.67. The van der Waals surface area contributed by atoms with Crippen LogP contribution in [-0.2, 0) is 12.7 Å². The second kappa shape index (κ2) is 5.45. The molecule has 1 aliphatic heterocycles. The van der Waals surface area contributed by atoms with Gasteiger partial charge in [-0.15, -0.1) is 0 Å². The molecular formula is C12H17F3N4O2. The van der Waals surface area contributed by atoms with E-state index in [0.717, 1.165) is 0 Å². The number of halogens is 3. The van der Waals surface area contributed by atoms with Crippen LogP contribution in [0.2, 0.25) is 0 Å². The van der Waals surface area contributed by atoms with Crippen LogP contribution >= 0.6 is 0 Å². The van der Waals surface area contributed by atoms with Crippen molar-refractivity contribution in [1.29, 1.82) is 0 Å². The van der Waals surface area contributed by atoms with Crippen LogP contribution < -0.4 is 5.73 Å². The first-order valence-electron chi connectivity index (χ1n) is 6.58. The molecule has 1 saturated heterocycles. The van der Waals surface area contributed by atoms with Gasteiger partial charge < -0.3 is 15.7 Å². The number of aromatic nitrogens is 2. The summed E-state index contributed by atoms with van der Waals surface area (Å²) in [5, 5.41) is 12.4. The van der Waals surface area contributed by atoms with E-state index in [2.05, 4.69) is 5.10 Å². The minimum absolute atomic E-state index is 0.0969. The standard InChI is InChI=1S/C12H17F3N4O2/c1-7-9(16)10(12(13,14)15)17-19(7)6-8-2-4-18(5-3-8)11(20)21/h8H,2-6,16H2,1H3,(H,20,21). The number of nitrogens with two attached hydrogens (primary N) is 1. The maximum absolute atomic E-state index is 12.7. The van der Waals surface area contributed by atoms with E-state index in [-0.39, 0.29) is 11.6 Å². The lowest BCUT2D eigenvalue weighted by molar-refractivity contribution is -0.140. The van der Waals surface area contributed by atoms with Gasteiger partial charge in [0.2, 0.25) is 0 Å². The summed E-state index contributed by atoms with van der Waals surface area (Å²) in [5.41, 5.74) is 4.37. The smallest absolute Gasteiger partial charge is 0.437 e. The third-order valence-corrected chi connectivity index (χ3v) is 3.84. The molecule has 9 heteroatoms. The molecule has 6 nitrogen and oxygen atoms in total. The Kier molecular flexibility index (Phi) is 4.02. The molecule has 0 saturated carbocycles. The van der Waals surface area contributed by atoms with E-state index in [1.807, 2.05) is 0 Å². The molecule has 3 N–H and O–H groups in total. The van der Waals surface area contributed by atoms with Crippen LogP contribution in [0.3, 0.4) is 0 Å². The number of hydrogen-bond acceptors (Lipinski definition) is 3. The highest BCUT2D eigenvalue weighted by Gasteiger charge is 2.38. The van der Waals surface area contributed by atoms with Gasteiger partial charge in [-0.25, -0.2) is 4.79 Å². The molecule has 0 bridgehead atoms. The number of rotatable bonds is 2. The van der Waals surface area contributed by atoms with Gasteiger partial charge in [-0.3, -0.25) is 4.68 Å². The highest BCUT2D eigenvalue weighted by molar-refractivity contribution is 5.64. The molecule has 0 aliphatic carbocycles. The minimum atomic E-state index is -4.56. The second-order valence-electron chi connectivity index (χ2n) is 5.24. The third kappa shape index (κ3) is 3.22. The van der Waals surface area contributed by atoms with Gasteiger partial charge in [0.15, 0.2) is 5.69 Å². The van der Waals surface area contributed by atoms with Crippen LogP contribution in [-0.4, -0.2) is 39.0 Å². The SMILES string of the molecule is Cc1c(N)c(C(F)(F)F)nn1CC1CCN(C(=O)O)CC1. The zero-order valence-corrected chi connectivity index (χ0v) is 11.5. The lowest BCUT2D eigenvalue weighted by atomic mass is 9.97. The number of carboxylic acid groups (broad SMARTS) is 1. The van der Waals surface area contributed by atoms with Crippen LogP contribution in [0.25, 0.3) is 0 Å². The van der Waals surface area contributed by atoms with E-state index in [4.69, 9.17) is 10.8 Å². The van der Waals surface area contributed by atoms with Gasteiger partial charge in [0.25, 0.3) is 0 Å². The molecule has 0 atom stereocenters. The number of amides is 1. The second-order valence-corrected chi connectivity index (χ2v) is 5.24. The Hall–Kier alpha value is -1.93. The van der Waals surface area contributed by atoms with Gasteiger partial charge in [-0.2, -0.15) is 18.3 Å². The number of anilines is 1. The Morgan fingerprint density at radius 1 is 1.43 bits per heavy atom. The number of piperidine rings is 1. The third-order valence-electron chi connectivity index (χ3n) is 3.84. The number of alkyl halides is 3. The summed E-state index contributed by atoms with van der Waals surface area (Å²) in [5.74, 6) is 0.0969. The highest BCUT2D eigenvalue weighted by atomic mass is 19.4. The molecule has 118 valence electrons. The lowest BCUT2D eigenvalue weighted by Crippen LogP contribution is -2.38. The zero-order valence-electron chi connectivity index (χ0n) is 11.5. The van der Waals surface area contributed by atoms with Crippen LogP contribution in [0.4, 0.5) is 23.7 Å². The van der Waals surface area contributed by atoms with Crippen molar-refractivity contribution in [1.82, 2.24) is 14.7 Å². The van der Waals surface area contributed by atoms with Gasteiger partial charge in [0.05, 0.1) is 11.4 Å². The molecule has 21 heavy (non-hydrogen) atoms. The lowest BCUT2D eigenvalue weighted by Gasteiger charge is -2.30. The van der Waals surface area contributed by atoms with E-state index in [1.165, 1.54) is 16.5 Å². The average molecular weight is 306 g/mol. The number of likely N-dealkylation sites (tertiary alicyclic amines) is 1. The summed E-state index contributed by atoms with van der Waals surface area (Å²) in [6, 6.07) is 0. The molecule has 1 fully saturated rings. The maximum atomic E-state index is 12.7. The first-order valence-corrected chi connectivity index (χ1v) is 6.58. The molecule has 2 rings (SSSR count). The van der Waals surface area contributed by atoms with Crippen LogP contribution in [0.5, 0.6) is 0 Å². The van der Waals surface area contributed by atoms with Crippen LogP contribution in [0.1, 0.15) is 24.2 Å². The molecule has 0 unspecified atom stereocenters. The first-order chi connectivity index (χ1) is 9.70. The van der Waals surface area contributed by atoms with E-state index < -0.39 is 18.0 Å². The summed E-state index contributed by atoms with van der Waals surface area (Å²) in [7, 11) is 0. The van der Waals surface area contributed by atoms with E-state index in [1.54, 1.807) is 0 Å². The van der Waals surface area contributed by atoms with Crippen molar-refractivity contribution >= 4 is 11.8 Å². The Morgan fingerprint density at radius 3 is 2.43 bits per heavy atom. The fraction of sp³-hybridized carbons (Fsp3) is 0.667. The van der Waals surface area contributed by atoms with E-state index in [0.29, 0.717) is 38.2 Å². The minimum Gasteiger partial charge on any atom is -0.465 e. The van der Waals surface area contributed by atoms with Crippen molar-refractivity contribution in [3.63, 3.8) is 0 Å². The predicted molar refractivity (Wildman–Crippen MR) is 68.7 cm³/mol. The van der Waals surface area contributed by atoms with E-state index >= 15 is 0 Å². The Morgan fingerprint density at radius 2 is 2.00 bits per heavy atom. The fourth-order valence-electron chi connectivity index (χ4n) is 2.50. The maximum Gasteiger partial charge on any atom is 0.437 e. The predicted octanol–water partition coefficient (Wildman–Crippen LogP) is 2.18. The number of carbonyl (C=O) groups is 1. The number of hydrogen-bond donors (Lipinski definition) is 2. The van der Waals surface area contributed by atoms with Crippen molar-refractivity contribution in [2.45, 2.75) is 32.5 Å². The molecule has 0 spiro atoms. The summed E-state index contributed by atoms with van der Waals surface area (Å²) < 4.78 is 39.5. The molecule has 1 amide bonds. The van der Waals surface area contributed by atoms with Gasteiger partial charge in [-0.1, -0.05) is 0 Å². The molecule has 1 aliphatic rings. The summed E-state index contributed by atoms with van der Waals surface area (Å²) in [6.07, 6.45) is -4.32. The summed E-state index contributed by atoms with van der Waals surface area (Å²) in [6.45, 7) is 2.60. The Balaban J connectivity index is 2.06. The van der Waals surface area contributed by atoms with Crippen molar-refractivity contribution in [3.8, 4) is 0 Å². The summed E-state index contributed by atoms with van der Waals surface area (Å²) in [4.78, 5) is 12.1. The highest BCUT2D eigenvalue weighted by Crippen LogP contribution is 2.34. The number of nitrogen functional groups attached to an aromatic ring is 1. The molecule has 2 heterocycles. The van der Waals surface area contributed by atoms with Gasteiger partial charge in [0, 0.05) is 19.6 Å². The van der Waals surface area contributed by atoms with Crippen molar-refractivity contribution < 1.29 is 23.1 Å². The van der Waals surface area contributed by atoms with Gasteiger partial charge >= 0.3 is 12.3 Å². The van der Waals surface area contributed by atoms with Crippen LogP contribution in [0.15, 0.2) is 0 Å². The molecular weight excluding hydrogens is 289 g/mol. The fourth-order valence-corrected chi connectivity index (χ4v) is 2.50. The normalized spacial score (nSPS) is 17.2. The Bertz CT molecular complexity index is 533. The molecule has 0 radical (unpaired) electrons. The van der Waals surface area contributed by atoms with Crippen LogP contribution in [0, 0.1) is 12.8 Å². The monoisotopic (exact) mass is 306 g/mol. The van der Waals surface area contributed by atoms with Gasteiger partial charge in [-0.05, 0) is 25.7 Å². The topological polar surface area (TPSA) is 84.4 Å². The van der Waals surface area contributed by atoms with Gasteiger partial charge in [0.1, 0.15) is 0 Å². The number of nitrogens with zero attached hydrogens (tertiary/aromatic N) is 3. The Labute approximate surface area is 119 Å². The molecule has 1 aromatic rings. The van der Waals surface area contributed by atoms with Crippen molar-refractivity contribution in [3.05, 3.63) is 11.4 Å². The summed E-state index contributed by atoms with van der Waals surface area (Å²) >= 11 is 0. The zero-order chi connectivity index (χ0) is 15.8.